The molecule has 1 aromatic heterocycles. The molecular weight excluding hydrogens is 400 g/mol. The fraction of sp³-hybridized carbons (Fsp3) is 0.111. The van der Waals surface area contributed by atoms with Crippen LogP contribution in [0.1, 0.15) is 12.5 Å². The third kappa shape index (κ3) is 4.05. The smallest absolute Gasteiger partial charge is 0.262 e. The molecule has 32 heavy (non-hydrogen) atoms. The molecule has 158 valence electrons. The Kier molecular flexibility index (Phi) is 5.30. The highest BCUT2D eigenvalue weighted by Crippen LogP contribution is 2.27. The van der Waals surface area contributed by atoms with E-state index in [-0.39, 0.29) is 12.5 Å². The summed E-state index contributed by atoms with van der Waals surface area (Å²) >= 11 is 0. The molecule has 0 fully saturated rings. The van der Waals surface area contributed by atoms with Gasteiger partial charge in [0, 0.05) is 16.6 Å². The molecule has 1 N–H and O–H groups in total. The molecule has 0 saturated heterocycles. The topological polar surface area (TPSA) is 64.4 Å². The summed E-state index contributed by atoms with van der Waals surface area (Å²) in [5.74, 6) is 1.03. The van der Waals surface area contributed by atoms with Crippen LogP contribution < -0.4 is 10.1 Å². The fourth-order valence-corrected chi connectivity index (χ4v) is 3.67. The Morgan fingerprint density at radius 2 is 1.78 bits per heavy atom. The van der Waals surface area contributed by atoms with Crippen LogP contribution in [0.5, 0.6) is 5.75 Å². The molecule has 4 aromatic carbocycles. The number of hydrogen-bond donors (Lipinski definition) is 1. The first kappa shape index (κ1) is 19.8. The van der Waals surface area contributed by atoms with Gasteiger partial charge in [0.2, 0.25) is 5.89 Å². The minimum atomic E-state index is -0.223. The lowest BCUT2D eigenvalue weighted by molar-refractivity contribution is -0.118. The van der Waals surface area contributed by atoms with Gasteiger partial charge in [-0.2, -0.15) is 0 Å². The van der Waals surface area contributed by atoms with Gasteiger partial charge in [0.05, 0.1) is 0 Å². The number of aromatic nitrogens is 1. The first-order valence-corrected chi connectivity index (χ1v) is 10.6. The van der Waals surface area contributed by atoms with Gasteiger partial charge in [-0.25, -0.2) is 4.98 Å². The quantitative estimate of drug-likeness (QED) is 0.352. The molecule has 0 spiro atoms. The van der Waals surface area contributed by atoms with Crippen molar-refractivity contribution in [3.63, 3.8) is 0 Å². The number of nitrogens with one attached hydrogen (secondary N) is 1. The molecule has 5 nitrogen and oxygen atoms in total. The zero-order valence-electron chi connectivity index (χ0n) is 17.7. The van der Waals surface area contributed by atoms with Gasteiger partial charge >= 0.3 is 0 Å². The molecule has 0 aliphatic rings. The summed E-state index contributed by atoms with van der Waals surface area (Å²) in [6.45, 7) is 2.04. The second-order valence-corrected chi connectivity index (χ2v) is 7.57. The Bertz CT molecular complexity index is 1400. The van der Waals surface area contributed by atoms with E-state index in [1.807, 2.05) is 78.9 Å². The number of amides is 1. The van der Waals surface area contributed by atoms with E-state index in [1.165, 1.54) is 5.56 Å². The number of oxazole rings is 1. The summed E-state index contributed by atoms with van der Waals surface area (Å²) in [6.07, 6.45) is 0.955. The molecule has 0 atom stereocenters. The molecule has 0 aliphatic heterocycles. The Morgan fingerprint density at radius 3 is 2.62 bits per heavy atom. The monoisotopic (exact) mass is 422 g/mol. The third-order valence-electron chi connectivity index (χ3n) is 5.38. The van der Waals surface area contributed by atoms with E-state index in [9.17, 15) is 4.79 Å². The number of ether oxygens (including phenoxy) is 1. The number of fused-ring (bicyclic) bond motifs is 2. The molecule has 5 rings (SSSR count). The highest BCUT2D eigenvalue weighted by Gasteiger charge is 2.10. The van der Waals surface area contributed by atoms with Gasteiger partial charge in [0.1, 0.15) is 11.3 Å². The minimum absolute atomic E-state index is 0.0688. The summed E-state index contributed by atoms with van der Waals surface area (Å²) in [4.78, 5) is 17.0. The van der Waals surface area contributed by atoms with Crippen LogP contribution in [0.3, 0.4) is 0 Å². The number of anilines is 1. The van der Waals surface area contributed by atoms with E-state index >= 15 is 0 Å². The molecule has 1 heterocycles. The first-order chi connectivity index (χ1) is 15.7. The maximum atomic E-state index is 12.4. The number of carbonyl (C=O) groups is 1. The lowest BCUT2D eigenvalue weighted by Gasteiger charge is -2.10. The normalized spacial score (nSPS) is 11.0. The van der Waals surface area contributed by atoms with Crippen LogP contribution in [0.4, 0.5) is 5.69 Å². The van der Waals surface area contributed by atoms with Crippen LogP contribution in [0.25, 0.3) is 33.3 Å². The summed E-state index contributed by atoms with van der Waals surface area (Å²) in [5.41, 5.74) is 4.37. The lowest BCUT2D eigenvalue weighted by Crippen LogP contribution is -2.20. The number of rotatable bonds is 6. The van der Waals surface area contributed by atoms with Crippen molar-refractivity contribution in [2.24, 2.45) is 0 Å². The lowest BCUT2D eigenvalue weighted by atomic mass is 10.1. The first-order valence-electron chi connectivity index (χ1n) is 10.6. The number of benzene rings is 4. The Hall–Kier alpha value is -4.12. The van der Waals surface area contributed by atoms with Crippen molar-refractivity contribution in [3.8, 4) is 17.2 Å². The second kappa shape index (κ2) is 8.55. The van der Waals surface area contributed by atoms with E-state index in [4.69, 9.17) is 9.15 Å². The molecule has 0 saturated carbocycles. The number of aryl methyl sites for hydroxylation is 1. The molecule has 0 bridgehead atoms. The van der Waals surface area contributed by atoms with Crippen LogP contribution in [0.15, 0.2) is 89.3 Å². The van der Waals surface area contributed by atoms with Crippen molar-refractivity contribution in [1.29, 1.82) is 0 Å². The minimum Gasteiger partial charge on any atom is -0.483 e. The molecule has 0 radical (unpaired) electrons. The Labute approximate surface area is 185 Å². The predicted octanol–water partition coefficient (Wildman–Crippen LogP) is 6.23. The van der Waals surface area contributed by atoms with Gasteiger partial charge in [-0.15, -0.1) is 0 Å². The Balaban J connectivity index is 1.25. The van der Waals surface area contributed by atoms with Crippen molar-refractivity contribution in [2.45, 2.75) is 13.3 Å². The van der Waals surface area contributed by atoms with Gasteiger partial charge in [-0.3, -0.25) is 4.79 Å². The maximum absolute atomic E-state index is 12.4. The third-order valence-corrected chi connectivity index (χ3v) is 5.38. The average molecular weight is 422 g/mol. The summed E-state index contributed by atoms with van der Waals surface area (Å²) in [5, 5.41) is 4.92. The van der Waals surface area contributed by atoms with Crippen molar-refractivity contribution in [2.75, 3.05) is 11.9 Å². The number of carbonyl (C=O) groups excluding carboxylic acids is 1. The molecule has 1 amide bonds. The zero-order chi connectivity index (χ0) is 21.9. The number of nitrogens with zero attached hydrogens (tertiary/aromatic N) is 1. The second-order valence-electron chi connectivity index (χ2n) is 7.57. The van der Waals surface area contributed by atoms with Gasteiger partial charge < -0.3 is 14.5 Å². The maximum Gasteiger partial charge on any atom is 0.262 e. The van der Waals surface area contributed by atoms with Crippen LogP contribution in [-0.4, -0.2) is 17.5 Å². The summed E-state index contributed by atoms with van der Waals surface area (Å²) in [6, 6.07) is 27.2. The SMILES string of the molecule is CCc1ccc2oc(-c3ccc(NC(=O)COc4cccc5ccccc45)cc3)nc2c1. The van der Waals surface area contributed by atoms with Crippen LogP contribution in [0.2, 0.25) is 0 Å². The highest BCUT2D eigenvalue weighted by molar-refractivity contribution is 5.93. The molecule has 5 heteroatoms. The van der Waals surface area contributed by atoms with Gasteiger partial charge in [0.15, 0.2) is 12.2 Å². The van der Waals surface area contributed by atoms with E-state index in [0.29, 0.717) is 17.3 Å². The average Bonchev–Trinajstić information content (AvgIpc) is 3.26. The molecular formula is C27H22N2O3. The van der Waals surface area contributed by atoms with E-state index in [2.05, 4.69) is 23.3 Å². The van der Waals surface area contributed by atoms with Crippen molar-refractivity contribution >= 4 is 33.5 Å². The molecule has 0 unspecified atom stereocenters. The predicted molar refractivity (Wildman–Crippen MR) is 127 cm³/mol. The summed E-state index contributed by atoms with van der Waals surface area (Å²) in [7, 11) is 0. The summed E-state index contributed by atoms with van der Waals surface area (Å²) < 4.78 is 11.6. The van der Waals surface area contributed by atoms with Crippen LogP contribution >= 0.6 is 0 Å². The van der Waals surface area contributed by atoms with Crippen molar-refractivity contribution < 1.29 is 13.9 Å². The van der Waals surface area contributed by atoms with E-state index in [0.717, 1.165) is 33.9 Å². The van der Waals surface area contributed by atoms with Gasteiger partial charge in [-0.1, -0.05) is 49.4 Å². The van der Waals surface area contributed by atoms with Crippen LogP contribution in [-0.2, 0) is 11.2 Å². The fourth-order valence-electron chi connectivity index (χ4n) is 3.67. The largest absolute Gasteiger partial charge is 0.483 e. The van der Waals surface area contributed by atoms with Gasteiger partial charge in [0.25, 0.3) is 5.91 Å². The number of hydrogen-bond acceptors (Lipinski definition) is 4. The molecule has 0 aliphatic carbocycles. The van der Waals surface area contributed by atoms with E-state index in [1.54, 1.807) is 0 Å². The zero-order valence-corrected chi connectivity index (χ0v) is 17.7. The standard InChI is InChI=1S/C27H22N2O3/c1-2-18-10-15-25-23(16-18)29-27(32-25)20-11-13-21(14-12-20)28-26(30)17-31-24-9-5-7-19-6-3-4-8-22(19)24/h3-16H,2,17H2,1H3,(H,28,30). The van der Waals surface area contributed by atoms with Crippen molar-refractivity contribution in [3.05, 3.63) is 90.5 Å². The van der Waals surface area contributed by atoms with E-state index < -0.39 is 0 Å². The Morgan fingerprint density at radius 1 is 0.969 bits per heavy atom. The molecule has 5 aromatic rings. The highest BCUT2D eigenvalue weighted by atomic mass is 16.5. The van der Waals surface area contributed by atoms with Gasteiger partial charge in [-0.05, 0) is 59.8 Å². The van der Waals surface area contributed by atoms with Crippen LogP contribution in [0, 0.1) is 0 Å². The van der Waals surface area contributed by atoms with Crippen molar-refractivity contribution in [1.82, 2.24) is 4.98 Å².